The number of methoxy groups -OCH3 is 1. The first kappa shape index (κ1) is 28.0. The van der Waals surface area contributed by atoms with Crippen molar-refractivity contribution in [2.75, 3.05) is 12.0 Å². The van der Waals surface area contributed by atoms with Gasteiger partial charge in [0, 0.05) is 43.3 Å². The molecule has 40 heavy (non-hydrogen) atoms. The summed E-state index contributed by atoms with van der Waals surface area (Å²) in [6.45, 7) is 0.255. The highest BCUT2D eigenvalue weighted by Gasteiger charge is 2.30. The van der Waals surface area contributed by atoms with Gasteiger partial charge in [-0.05, 0) is 59.9 Å². The quantitative estimate of drug-likeness (QED) is 0.274. The molecule has 1 amide bonds. The summed E-state index contributed by atoms with van der Waals surface area (Å²) in [5, 5.41) is 0.352. The second-order valence-corrected chi connectivity index (χ2v) is 12.0. The van der Waals surface area contributed by atoms with E-state index in [1.165, 1.54) is 12.1 Å². The molecule has 8 nitrogen and oxygen atoms in total. The Morgan fingerprint density at radius 1 is 1.15 bits per heavy atom. The number of carbonyl (C=O) groups excluding carboxylic acids is 1. The monoisotopic (exact) mass is 578 g/mol. The topological polar surface area (TPSA) is 93.5 Å². The molecule has 0 saturated carbocycles. The Labute approximate surface area is 239 Å². The van der Waals surface area contributed by atoms with E-state index < -0.39 is 22.2 Å². The van der Waals surface area contributed by atoms with Gasteiger partial charge in [0.15, 0.2) is 0 Å². The molecule has 5 rings (SSSR count). The lowest BCUT2D eigenvalue weighted by atomic mass is 10.0. The number of ether oxygens (including phenoxy) is 1. The average molecular weight is 579 g/mol. The van der Waals surface area contributed by atoms with E-state index in [9.17, 15) is 13.2 Å². The number of aromatic nitrogens is 2. The van der Waals surface area contributed by atoms with Crippen LogP contribution < -0.4 is 9.62 Å². The summed E-state index contributed by atoms with van der Waals surface area (Å²) in [4.78, 5) is 20.1. The summed E-state index contributed by atoms with van der Waals surface area (Å²) in [5.41, 5.74) is 3.49. The Morgan fingerprint density at radius 3 is 2.65 bits per heavy atom. The molecule has 1 aliphatic carbocycles. The number of nitrogens with zero attached hydrogens (tertiary/aromatic N) is 3. The van der Waals surface area contributed by atoms with Crippen LogP contribution in [0.25, 0.3) is 0 Å². The molecule has 1 heterocycles. The first-order valence-electron chi connectivity index (χ1n) is 13.0. The van der Waals surface area contributed by atoms with Crippen LogP contribution in [-0.4, -0.2) is 31.0 Å². The lowest BCUT2D eigenvalue weighted by molar-refractivity contribution is -0.121. The second-order valence-electron chi connectivity index (χ2n) is 9.83. The van der Waals surface area contributed by atoms with E-state index >= 15 is 0 Å². The summed E-state index contributed by atoms with van der Waals surface area (Å²) >= 11 is 6.04. The highest BCUT2D eigenvalue weighted by Crippen LogP contribution is 2.36. The first-order chi connectivity index (χ1) is 19.2. The molecule has 0 fully saturated rings. The van der Waals surface area contributed by atoms with Crippen molar-refractivity contribution in [3.8, 4) is 0 Å². The number of nitrogens with one attached hydrogen (secondary N) is 1. The Hall–Kier alpha value is -3.50. The zero-order chi connectivity index (χ0) is 28.3. The molecule has 0 bridgehead atoms. The van der Waals surface area contributed by atoms with Gasteiger partial charge in [0.25, 0.3) is 0 Å². The summed E-state index contributed by atoms with van der Waals surface area (Å²) in [6.07, 6.45) is 4.60. The van der Waals surface area contributed by atoms with Gasteiger partial charge in [-0.3, -0.25) is 4.79 Å². The minimum Gasteiger partial charge on any atom is -0.376 e. The van der Waals surface area contributed by atoms with Crippen molar-refractivity contribution in [2.24, 2.45) is 7.05 Å². The predicted molar refractivity (Wildman–Crippen MR) is 154 cm³/mol. The minimum atomic E-state index is -3.80. The number of hydrogen-bond donors (Lipinski definition) is 1. The number of hydrogen-bond acceptors (Lipinski definition) is 5. The van der Waals surface area contributed by atoms with Crippen LogP contribution in [0, 0.1) is 0 Å². The van der Waals surface area contributed by atoms with Gasteiger partial charge in [-0.2, -0.15) is 0 Å². The van der Waals surface area contributed by atoms with E-state index in [1.54, 1.807) is 30.3 Å². The van der Waals surface area contributed by atoms with Crippen LogP contribution in [0.4, 0.5) is 5.69 Å². The van der Waals surface area contributed by atoms with Crippen LogP contribution in [0.5, 0.6) is 0 Å². The third-order valence-electron chi connectivity index (χ3n) is 7.26. The number of halogens is 1. The van der Waals surface area contributed by atoms with E-state index in [2.05, 4.69) is 9.71 Å². The second kappa shape index (κ2) is 11.9. The predicted octanol–water partition coefficient (Wildman–Crippen LogP) is 5.35. The number of amides is 1. The van der Waals surface area contributed by atoms with E-state index in [0.29, 0.717) is 17.1 Å². The fraction of sp³-hybridized carbons (Fsp3) is 0.267. The molecule has 0 saturated heterocycles. The van der Waals surface area contributed by atoms with Crippen LogP contribution in [0.3, 0.4) is 0 Å². The van der Waals surface area contributed by atoms with Crippen molar-refractivity contribution >= 4 is 33.2 Å². The maximum atomic E-state index is 13.8. The van der Waals surface area contributed by atoms with Crippen molar-refractivity contribution in [2.45, 2.75) is 42.8 Å². The van der Waals surface area contributed by atoms with E-state index in [4.69, 9.17) is 16.3 Å². The van der Waals surface area contributed by atoms with Crippen LogP contribution in [0.15, 0.2) is 90.1 Å². The van der Waals surface area contributed by atoms with Crippen molar-refractivity contribution < 1.29 is 17.9 Å². The maximum Gasteiger partial charge on any atom is 0.241 e. The fourth-order valence-electron chi connectivity index (χ4n) is 5.06. The summed E-state index contributed by atoms with van der Waals surface area (Å²) in [6, 6.07) is 21.2. The van der Waals surface area contributed by atoms with Gasteiger partial charge < -0.3 is 14.2 Å². The molecule has 2 atom stereocenters. The molecule has 208 valence electrons. The molecule has 10 heteroatoms. The van der Waals surface area contributed by atoms with Crippen molar-refractivity contribution in [1.82, 2.24) is 14.3 Å². The summed E-state index contributed by atoms with van der Waals surface area (Å²) < 4.78 is 36.7. The Bertz CT molecular complexity index is 1610. The molecule has 0 aliphatic heterocycles. The Morgan fingerprint density at radius 2 is 1.95 bits per heavy atom. The third kappa shape index (κ3) is 6.13. The highest BCUT2D eigenvalue weighted by atomic mass is 35.5. The van der Waals surface area contributed by atoms with Gasteiger partial charge >= 0.3 is 0 Å². The molecule has 1 aliphatic rings. The summed E-state index contributed by atoms with van der Waals surface area (Å²) in [7, 11) is -0.317. The zero-order valence-electron chi connectivity index (χ0n) is 22.3. The molecule has 0 spiro atoms. The Balaban J connectivity index is 1.45. The number of aryl methyl sites for hydroxylation is 2. The standard InChI is InChI=1S/C30H31ClN4O4S/c1-34-16-15-32-29(34)20-35(30(36)19-28(39-2)22-7-4-3-5-8-22)24-13-11-21-12-14-27(26(21)18-24)33-40(37,38)25-10-6-9-23(31)17-25/h3-11,13,15-18,27-28,33H,12,14,19-20H2,1-2H3/t27-,28-/m0/s1. The normalized spacial score (nSPS) is 15.5. The smallest absolute Gasteiger partial charge is 0.241 e. The van der Waals surface area contributed by atoms with Crippen LogP contribution in [0.1, 0.15) is 47.5 Å². The van der Waals surface area contributed by atoms with Gasteiger partial charge in [-0.1, -0.05) is 54.1 Å². The number of rotatable bonds is 10. The molecule has 3 aromatic carbocycles. The number of benzene rings is 3. The van der Waals surface area contributed by atoms with E-state index in [-0.39, 0.29) is 23.8 Å². The van der Waals surface area contributed by atoms with Gasteiger partial charge in [0.2, 0.25) is 15.9 Å². The number of anilines is 1. The van der Waals surface area contributed by atoms with Crippen LogP contribution in [-0.2, 0) is 39.6 Å². The molecule has 4 aromatic rings. The highest BCUT2D eigenvalue weighted by molar-refractivity contribution is 7.89. The third-order valence-corrected chi connectivity index (χ3v) is 8.96. The van der Waals surface area contributed by atoms with Crippen molar-refractivity contribution in [3.05, 3.63) is 113 Å². The molecule has 0 radical (unpaired) electrons. The number of imidazole rings is 1. The fourth-order valence-corrected chi connectivity index (χ4v) is 6.61. The van der Waals surface area contributed by atoms with E-state index in [1.807, 2.05) is 66.3 Å². The molecule has 1 N–H and O–H groups in total. The number of carbonyl (C=O) groups is 1. The van der Waals surface area contributed by atoms with Crippen LogP contribution in [0.2, 0.25) is 5.02 Å². The first-order valence-corrected chi connectivity index (χ1v) is 14.9. The number of sulfonamides is 1. The lowest BCUT2D eigenvalue weighted by Crippen LogP contribution is -2.33. The molecule has 0 unspecified atom stereocenters. The van der Waals surface area contributed by atoms with E-state index in [0.717, 1.165) is 28.9 Å². The Kier molecular flexibility index (Phi) is 8.37. The molecular weight excluding hydrogens is 548 g/mol. The van der Waals surface area contributed by atoms with Crippen molar-refractivity contribution in [1.29, 1.82) is 0 Å². The minimum absolute atomic E-state index is 0.114. The van der Waals surface area contributed by atoms with Gasteiger partial charge in [0.1, 0.15) is 5.82 Å². The molecule has 1 aromatic heterocycles. The van der Waals surface area contributed by atoms with Gasteiger partial charge in [0.05, 0.1) is 24.0 Å². The van der Waals surface area contributed by atoms with Gasteiger partial charge in [-0.15, -0.1) is 0 Å². The zero-order valence-corrected chi connectivity index (χ0v) is 23.9. The maximum absolute atomic E-state index is 13.8. The summed E-state index contributed by atoms with van der Waals surface area (Å²) in [5.74, 6) is 0.591. The van der Waals surface area contributed by atoms with Crippen molar-refractivity contribution in [3.63, 3.8) is 0 Å². The number of fused-ring (bicyclic) bond motifs is 1. The van der Waals surface area contributed by atoms with Crippen LogP contribution >= 0.6 is 11.6 Å². The SMILES string of the molecule is CO[C@@H](CC(=O)N(Cc1nccn1C)c1ccc2c(c1)[C@@H](NS(=O)(=O)c1cccc(Cl)c1)CC2)c1ccccc1. The van der Waals surface area contributed by atoms with Gasteiger partial charge in [-0.25, -0.2) is 18.1 Å². The lowest BCUT2D eigenvalue weighted by Gasteiger charge is -2.26. The largest absolute Gasteiger partial charge is 0.376 e. The average Bonchev–Trinajstić information content (AvgIpc) is 3.55. The molecular formula is C30H31ClN4O4S.